The number of methoxy groups -OCH3 is 1. The molecule has 114 valence electrons. The molecule has 1 unspecified atom stereocenters. The first-order chi connectivity index (χ1) is 10.0. The van der Waals surface area contributed by atoms with Gasteiger partial charge in [0.15, 0.2) is 0 Å². The van der Waals surface area contributed by atoms with Crippen LogP contribution in [0.2, 0.25) is 0 Å². The van der Waals surface area contributed by atoms with Crippen LogP contribution in [0.3, 0.4) is 0 Å². The number of benzene rings is 1. The lowest BCUT2D eigenvalue weighted by atomic mass is 10.1. The molecule has 0 aromatic heterocycles. The fourth-order valence-corrected chi connectivity index (χ4v) is 2.92. The predicted molar refractivity (Wildman–Crippen MR) is 81.2 cm³/mol. The van der Waals surface area contributed by atoms with Gasteiger partial charge in [-0.15, -0.1) is 0 Å². The first kappa shape index (κ1) is 16.0. The second-order valence-electron chi connectivity index (χ2n) is 5.01. The Hall–Kier alpha value is -1.40. The van der Waals surface area contributed by atoms with Gasteiger partial charge in [-0.3, -0.25) is 9.59 Å². The monoisotopic (exact) mass is 355 g/mol. The van der Waals surface area contributed by atoms with Crippen LogP contribution in [0.25, 0.3) is 0 Å². The van der Waals surface area contributed by atoms with Crippen LogP contribution in [0.15, 0.2) is 22.7 Å². The highest BCUT2D eigenvalue weighted by molar-refractivity contribution is 9.10. The molecule has 1 aliphatic heterocycles. The van der Waals surface area contributed by atoms with Crippen LogP contribution in [0.5, 0.6) is 0 Å². The first-order valence-corrected chi connectivity index (χ1v) is 7.54. The number of carbonyl (C=O) groups is 2. The number of rotatable bonds is 3. The lowest BCUT2D eigenvalue weighted by molar-refractivity contribution is -0.145. The van der Waals surface area contributed by atoms with E-state index in [1.807, 2.05) is 25.1 Å². The maximum atomic E-state index is 12.6. The Morgan fingerprint density at radius 3 is 2.90 bits per heavy atom. The van der Waals surface area contributed by atoms with Crippen molar-refractivity contribution in [3.8, 4) is 0 Å². The number of ether oxygens (including phenoxy) is 2. The summed E-state index contributed by atoms with van der Waals surface area (Å²) in [5.41, 5.74) is 1.71. The molecule has 1 aromatic carbocycles. The fourth-order valence-electron chi connectivity index (χ4n) is 2.26. The fraction of sp³-hybridized carbons (Fsp3) is 0.467. The van der Waals surface area contributed by atoms with E-state index in [1.165, 1.54) is 7.11 Å². The van der Waals surface area contributed by atoms with E-state index < -0.39 is 0 Å². The number of hydrogen-bond acceptors (Lipinski definition) is 4. The van der Waals surface area contributed by atoms with Crippen LogP contribution in [0.1, 0.15) is 22.3 Å². The van der Waals surface area contributed by atoms with Gasteiger partial charge in [0.2, 0.25) is 0 Å². The van der Waals surface area contributed by atoms with Crippen LogP contribution in [0, 0.1) is 6.92 Å². The summed E-state index contributed by atoms with van der Waals surface area (Å²) in [4.78, 5) is 25.6. The molecular weight excluding hydrogens is 338 g/mol. The molecule has 0 aliphatic carbocycles. The quantitative estimate of drug-likeness (QED) is 0.779. The van der Waals surface area contributed by atoms with E-state index in [-0.39, 0.29) is 24.4 Å². The van der Waals surface area contributed by atoms with E-state index in [9.17, 15) is 9.59 Å². The minimum absolute atomic E-state index is 0.0555. The van der Waals surface area contributed by atoms with Crippen molar-refractivity contribution in [2.45, 2.75) is 19.4 Å². The van der Waals surface area contributed by atoms with E-state index in [2.05, 4.69) is 20.7 Å². The van der Waals surface area contributed by atoms with Crippen molar-refractivity contribution in [1.82, 2.24) is 4.90 Å². The number of amides is 1. The number of hydrogen-bond donors (Lipinski definition) is 0. The summed E-state index contributed by atoms with van der Waals surface area (Å²) < 4.78 is 10.9. The number of nitrogens with zero attached hydrogens (tertiary/aromatic N) is 1. The zero-order chi connectivity index (χ0) is 15.4. The lowest BCUT2D eigenvalue weighted by Gasteiger charge is -2.32. The number of esters is 1. The topological polar surface area (TPSA) is 55.8 Å². The smallest absolute Gasteiger partial charge is 0.308 e. The van der Waals surface area contributed by atoms with Gasteiger partial charge in [0.1, 0.15) is 0 Å². The van der Waals surface area contributed by atoms with Gasteiger partial charge < -0.3 is 14.4 Å². The van der Waals surface area contributed by atoms with Crippen molar-refractivity contribution >= 4 is 27.8 Å². The third-order valence-electron chi connectivity index (χ3n) is 3.40. The van der Waals surface area contributed by atoms with Crippen molar-refractivity contribution in [3.05, 3.63) is 33.8 Å². The Morgan fingerprint density at radius 1 is 1.48 bits per heavy atom. The Balaban J connectivity index is 2.06. The summed E-state index contributed by atoms with van der Waals surface area (Å²) in [6.45, 7) is 3.32. The highest BCUT2D eigenvalue weighted by atomic mass is 79.9. The van der Waals surface area contributed by atoms with E-state index in [0.29, 0.717) is 25.3 Å². The molecule has 1 aromatic rings. The number of morpholine rings is 1. The first-order valence-electron chi connectivity index (χ1n) is 6.75. The Kier molecular flexibility index (Phi) is 5.36. The summed E-state index contributed by atoms with van der Waals surface area (Å²) >= 11 is 3.43. The molecule has 0 bridgehead atoms. The van der Waals surface area contributed by atoms with E-state index in [4.69, 9.17) is 4.74 Å². The van der Waals surface area contributed by atoms with Gasteiger partial charge in [-0.2, -0.15) is 0 Å². The summed E-state index contributed by atoms with van der Waals surface area (Å²) in [7, 11) is 1.34. The van der Waals surface area contributed by atoms with Gasteiger partial charge in [-0.1, -0.05) is 6.07 Å². The zero-order valence-corrected chi connectivity index (χ0v) is 13.7. The van der Waals surface area contributed by atoms with Crippen molar-refractivity contribution in [2.24, 2.45) is 0 Å². The second kappa shape index (κ2) is 7.04. The number of aryl methyl sites for hydroxylation is 1. The minimum Gasteiger partial charge on any atom is -0.469 e. The molecule has 1 aliphatic rings. The van der Waals surface area contributed by atoms with Crippen molar-refractivity contribution in [1.29, 1.82) is 0 Å². The molecule has 2 rings (SSSR count). The Bertz CT molecular complexity index is 546. The molecule has 1 amide bonds. The molecule has 1 heterocycles. The number of halogens is 1. The molecule has 0 spiro atoms. The molecule has 21 heavy (non-hydrogen) atoms. The zero-order valence-electron chi connectivity index (χ0n) is 12.1. The highest BCUT2D eigenvalue weighted by Gasteiger charge is 2.27. The van der Waals surface area contributed by atoms with Crippen molar-refractivity contribution in [2.75, 3.05) is 26.8 Å². The van der Waals surface area contributed by atoms with Crippen molar-refractivity contribution in [3.63, 3.8) is 0 Å². The maximum absolute atomic E-state index is 12.6. The molecule has 1 fully saturated rings. The molecular formula is C15H18BrNO4. The van der Waals surface area contributed by atoms with Gasteiger partial charge in [-0.05, 0) is 40.5 Å². The van der Waals surface area contributed by atoms with E-state index in [1.54, 1.807) is 4.90 Å². The molecule has 1 atom stereocenters. The van der Waals surface area contributed by atoms with Crippen LogP contribution in [-0.2, 0) is 14.3 Å². The molecule has 0 N–H and O–H groups in total. The van der Waals surface area contributed by atoms with Gasteiger partial charge >= 0.3 is 5.97 Å². The highest BCUT2D eigenvalue weighted by Crippen LogP contribution is 2.21. The summed E-state index contributed by atoms with van der Waals surface area (Å²) in [5, 5.41) is 0. The normalized spacial score (nSPS) is 18.4. The summed E-state index contributed by atoms with van der Waals surface area (Å²) in [5.74, 6) is -0.383. The van der Waals surface area contributed by atoms with Crippen LogP contribution in [-0.4, -0.2) is 49.7 Å². The molecule has 6 heteroatoms. The van der Waals surface area contributed by atoms with Crippen LogP contribution in [0.4, 0.5) is 0 Å². The van der Waals surface area contributed by atoms with Gasteiger partial charge in [0.25, 0.3) is 5.91 Å². The summed E-state index contributed by atoms with van der Waals surface area (Å²) in [6, 6.07) is 5.64. The standard InChI is InChI=1S/C15H18BrNO4/c1-10-3-4-12(13(16)7-10)15(19)17-5-6-21-11(9-17)8-14(18)20-2/h3-4,7,11H,5-6,8-9H2,1-2H3. The second-order valence-corrected chi connectivity index (χ2v) is 5.86. The van der Waals surface area contributed by atoms with Gasteiger partial charge in [-0.25, -0.2) is 0 Å². The lowest BCUT2D eigenvalue weighted by Crippen LogP contribution is -2.46. The maximum Gasteiger partial charge on any atom is 0.308 e. The van der Waals surface area contributed by atoms with Gasteiger partial charge in [0.05, 0.1) is 31.8 Å². The average molecular weight is 356 g/mol. The van der Waals surface area contributed by atoms with E-state index >= 15 is 0 Å². The summed E-state index contributed by atoms with van der Waals surface area (Å²) in [6.07, 6.45) is -0.144. The SMILES string of the molecule is COC(=O)CC1CN(C(=O)c2ccc(C)cc2Br)CCO1. The molecule has 0 saturated carbocycles. The third-order valence-corrected chi connectivity index (χ3v) is 4.06. The van der Waals surface area contributed by atoms with Crippen LogP contribution < -0.4 is 0 Å². The number of carbonyl (C=O) groups excluding carboxylic acids is 2. The third kappa shape index (κ3) is 4.04. The Morgan fingerprint density at radius 2 is 2.24 bits per heavy atom. The Labute approximate surface area is 132 Å². The molecule has 5 nitrogen and oxygen atoms in total. The minimum atomic E-state index is -0.328. The average Bonchev–Trinajstić information content (AvgIpc) is 2.47. The van der Waals surface area contributed by atoms with Crippen LogP contribution >= 0.6 is 15.9 Å². The largest absolute Gasteiger partial charge is 0.469 e. The molecule has 0 radical (unpaired) electrons. The van der Waals surface area contributed by atoms with E-state index in [0.717, 1.165) is 10.0 Å². The molecule has 1 saturated heterocycles. The predicted octanol–water partition coefficient (Wildman–Crippen LogP) is 2.16. The van der Waals surface area contributed by atoms with Crippen molar-refractivity contribution < 1.29 is 19.1 Å². The van der Waals surface area contributed by atoms with Gasteiger partial charge in [0, 0.05) is 17.6 Å².